The summed E-state index contributed by atoms with van der Waals surface area (Å²) in [5, 5.41) is 17.2. The molecule has 1 aromatic heterocycles. The Labute approximate surface area is 179 Å². The zero-order chi connectivity index (χ0) is 21.2. The van der Waals surface area contributed by atoms with E-state index in [2.05, 4.69) is 15.6 Å². The van der Waals surface area contributed by atoms with Gasteiger partial charge < -0.3 is 15.7 Å². The fraction of sp³-hybridized carbons (Fsp3) is 0.174. The Morgan fingerprint density at radius 3 is 2.17 bits per heavy atom. The van der Waals surface area contributed by atoms with Gasteiger partial charge in [-0.1, -0.05) is 66.7 Å². The summed E-state index contributed by atoms with van der Waals surface area (Å²) in [6.07, 6.45) is 5.11. The second-order valence-electron chi connectivity index (χ2n) is 6.73. The van der Waals surface area contributed by atoms with Gasteiger partial charge in [-0.25, -0.2) is 9.78 Å². The molecule has 0 aliphatic heterocycles. The van der Waals surface area contributed by atoms with E-state index in [9.17, 15) is 14.7 Å². The van der Waals surface area contributed by atoms with Crippen molar-refractivity contribution in [1.29, 1.82) is 0 Å². The SMILES string of the molecule is O=C(O)NC(Cc1ccccc1)C(=O)NC(/C=C/c1nccs1)Cc1ccccc1. The minimum Gasteiger partial charge on any atom is -0.465 e. The topological polar surface area (TPSA) is 91.3 Å². The van der Waals surface area contributed by atoms with Gasteiger partial charge in [0.2, 0.25) is 5.91 Å². The van der Waals surface area contributed by atoms with Crippen LogP contribution in [0, 0.1) is 0 Å². The van der Waals surface area contributed by atoms with Crippen molar-refractivity contribution in [2.45, 2.75) is 24.9 Å². The number of hydrogen-bond acceptors (Lipinski definition) is 4. The van der Waals surface area contributed by atoms with Gasteiger partial charge in [-0.15, -0.1) is 11.3 Å². The first kappa shape index (κ1) is 21.3. The summed E-state index contributed by atoms with van der Waals surface area (Å²) in [6, 6.07) is 18.0. The van der Waals surface area contributed by atoms with E-state index < -0.39 is 12.1 Å². The predicted octanol–water partition coefficient (Wildman–Crippen LogP) is 3.76. The van der Waals surface area contributed by atoms with Crippen LogP contribution in [0.3, 0.4) is 0 Å². The number of carboxylic acid groups (broad SMARTS) is 1. The lowest BCUT2D eigenvalue weighted by molar-refractivity contribution is -0.123. The number of rotatable bonds is 9. The van der Waals surface area contributed by atoms with E-state index in [1.807, 2.05) is 78.2 Å². The molecule has 0 bridgehead atoms. The number of thiazole rings is 1. The summed E-state index contributed by atoms with van der Waals surface area (Å²) >= 11 is 1.51. The molecule has 2 atom stereocenters. The summed E-state index contributed by atoms with van der Waals surface area (Å²) in [7, 11) is 0. The number of hydrogen-bond donors (Lipinski definition) is 3. The Kier molecular flexibility index (Phi) is 7.74. The molecule has 7 heteroatoms. The average molecular weight is 422 g/mol. The molecular formula is C23H23N3O3S. The van der Waals surface area contributed by atoms with Crippen LogP contribution in [-0.2, 0) is 17.6 Å². The number of benzene rings is 2. The molecule has 154 valence electrons. The molecule has 0 radical (unpaired) electrons. The molecule has 0 spiro atoms. The highest BCUT2D eigenvalue weighted by molar-refractivity contribution is 7.10. The molecule has 2 aromatic carbocycles. The molecule has 30 heavy (non-hydrogen) atoms. The standard InChI is InChI=1S/C23H23N3O3S/c27-22(20(26-23(28)29)16-18-9-5-2-6-10-18)25-19(11-12-21-24-13-14-30-21)15-17-7-3-1-4-8-17/h1-14,19-20,26H,15-16H2,(H,25,27)(H,28,29)/b12-11+. The second-order valence-corrected chi connectivity index (χ2v) is 7.65. The Bertz CT molecular complexity index is 960. The maximum Gasteiger partial charge on any atom is 0.405 e. The first-order valence-corrected chi connectivity index (χ1v) is 10.4. The van der Waals surface area contributed by atoms with Crippen molar-refractivity contribution < 1.29 is 14.7 Å². The number of nitrogens with one attached hydrogen (secondary N) is 2. The molecule has 2 amide bonds. The van der Waals surface area contributed by atoms with E-state index in [0.717, 1.165) is 16.1 Å². The molecule has 1 heterocycles. The molecule has 3 N–H and O–H groups in total. The van der Waals surface area contributed by atoms with Crippen LogP contribution in [0.5, 0.6) is 0 Å². The van der Waals surface area contributed by atoms with Crippen molar-refractivity contribution in [3.8, 4) is 0 Å². The molecule has 0 aliphatic carbocycles. The Hall–Kier alpha value is -3.45. The maximum absolute atomic E-state index is 13.0. The summed E-state index contributed by atoms with van der Waals surface area (Å²) < 4.78 is 0. The van der Waals surface area contributed by atoms with Gasteiger partial charge in [0, 0.05) is 18.0 Å². The van der Waals surface area contributed by atoms with E-state index >= 15 is 0 Å². The molecule has 3 aromatic rings. The lowest BCUT2D eigenvalue weighted by atomic mass is 10.0. The molecule has 0 fully saturated rings. The molecule has 0 saturated carbocycles. The van der Waals surface area contributed by atoms with E-state index in [4.69, 9.17) is 0 Å². The van der Waals surface area contributed by atoms with Crippen LogP contribution in [0.15, 0.2) is 78.3 Å². The number of nitrogens with zero attached hydrogens (tertiary/aromatic N) is 1. The van der Waals surface area contributed by atoms with Crippen LogP contribution in [0.1, 0.15) is 16.1 Å². The highest BCUT2D eigenvalue weighted by Crippen LogP contribution is 2.11. The quantitative estimate of drug-likeness (QED) is 0.491. The fourth-order valence-corrected chi connectivity index (χ4v) is 3.58. The van der Waals surface area contributed by atoms with Crippen molar-refractivity contribution >= 4 is 29.4 Å². The van der Waals surface area contributed by atoms with Crippen molar-refractivity contribution in [2.75, 3.05) is 0 Å². The Balaban J connectivity index is 1.75. The average Bonchev–Trinajstić information content (AvgIpc) is 3.26. The zero-order valence-corrected chi connectivity index (χ0v) is 17.1. The minimum atomic E-state index is -1.23. The van der Waals surface area contributed by atoms with Crippen molar-refractivity contribution in [1.82, 2.24) is 15.6 Å². The third kappa shape index (κ3) is 6.86. The predicted molar refractivity (Wildman–Crippen MR) is 118 cm³/mol. The van der Waals surface area contributed by atoms with Gasteiger partial charge in [0.05, 0.1) is 6.04 Å². The van der Waals surface area contributed by atoms with E-state index in [-0.39, 0.29) is 18.4 Å². The normalized spacial score (nSPS) is 12.9. The van der Waals surface area contributed by atoms with Crippen LogP contribution in [-0.4, -0.2) is 34.2 Å². The van der Waals surface area contributed by atoms with Crippen LogP contribution < -0.4 is 10.6 Å². The smallest absolute Gasteiger partial charge is 0.405 e. The molecule has 0 saturated heterocycles. The van der Waals surface area contributed by atoms with Gasteiger partial charge in [-0.2, -0.15) is 0 Å². The molecular weight excluding hydrogens is 398 g/mol. The number of carbonyl (C=O) groups excluding carboxylic acids is 1. The second kappa shape index (κ2) is 10.9. The van der Waals surface area contributed by atoms with Crippen LogP contribution in [0.2, 0.25) is 0 Å². The first-order chi connectivity index (χ1) is 14.6. The van der Waals surface area contributed by atoms with Crippen molar-refractivity contribution in [3.63, 3.8) is 0 Å². The highest BCUT2D eigenvalue weighted by Gasteiger charge is 2.23. The Morgan fingerprint density at radius 1 is 0.967 bits per heavy atom. The first-order valence-electron chi connectivity index (χ1n) is 9.55. The highest BCUT2D eigenvalue weighted by atomic mass is 32.1. The maximum atomic E-state index is 13.0. The number of carbonyl (C=O) groups is 2. The molecule has 0 aliphatic rings. The summed E-state index contributed by atoms with van der Waals surface area (Å²) in [5.41, 5.74) is 1.95. The zero-order valence-electron chi connectivity index (χ0n) is 16.3. The number of amides is 2. The monoisotopic (exact) mass is 421 g/mol. The lowest BCUT2D eigenvalue weighted by Crippen LogP contribution is -2.50. The fourth-order valence-electron chi connectivity index (χ4n) is 3.04. The largest absolute Gasteiger partial charge is 0.465 e. The Morgan fingerprint density at radius 2 is 1.60 bits per heavy atom. The van der Waals surface area contributed by atoms with Crippen molar-refractivity contribution in [2.24, 2.45) is 0 Å². The van der Waals surface area contributed by atoms with Crippen LogP contribution in [0.4, 0.5) is 4.79 Å². The third-order valence-electron chi connectivity index (χ3n) is 4.45. The van der Waals surface area contributed by atoms with E-state index in [1.165, 1.54) is 11.3 Å². The summed E-state index contributed by atoms with van der Waals surface area (Å²) in [4.78, 5) is 28.4. The molecule has 2 unspecified atom stereocenters. The van der Waals surface area contributed by atoms with Gasteiger partial charge in [-0.05, 0) is 23.6 Å². The van der Waals surface area contributed by atoms with E-state index in [1.54, 1.807) is 6.20 Å². The summed E-state index contributed by atoms with van der Waals surface area (Å²) in [5.74, 6) is -0.369. The van der Waals surface area contributed by atoms with E-state index in [0.29, 0.717) is 6.42 Å². The lowest BCUT2D eigenvalue weighted by Gasteiger charge is -2.21. The van der Waals surface area contributed by atoms with Crippen LogP contribution in [0.25, 0.3) is 6.08 Å². The molecule has 6 nitrogen and oxygen atoms in total. The van der Waals surface area contributed by atoms with Gasteiger partial charge in [0.15, 0.2) is 0 Å². The van der Waals surface area contributed by atoms with Crippen molar-refractivity contribution in [3.05, 3.63) is 94.5 Å². The minimum absolute atomic E-state index is 0.271. The van der Waals surface area contributed by atoms with Crippen LogP contribution >= 0.6 is 11.3 Å². The number of aromatic nitrogens is 1. The van der Waals surface area contributed by atoms with Gasteiger partial charge >= 0.3 is 6.09 Å². The third-order valence-corrected chi connectivity index (χ3v) is 5.19. The molecule has 3 rings (SSSR count). The van der Waals surface area contributed by atoms with Gasteiger partial charge in [0.1, 0.15) is 11.0 Å². The van der Waals surface area contributed by atoms with Gasteiger partial charge in [0.25, 0.3) is 0 Å². The summed E-state index contributed by atoms with van der Waals surface area (Å²) in [6.45, 7) is 0. The van der Waals surface area contributed by atoms with Gasteiger partial charge in [-0.3, -0.25) is 4.79 Å².